The maximum atomic E-state index is 9.65. The molecular weight excluding hydrogens is 284 g/mol. The van der Waals surface area contributed by atoms with E-state index in [1.165, 1.54) is 0 Å². The van der Waals surface area contributed by atoms with Crippen molar-refractivity contribution in [3.63, 3.8) is 0 Å². The number of pyridine rings is 1. The Kier molecular flexibility index (Phi) is 4.65. The smallest absolute Gasteiger partial charge is 0.261 e. The average Bonchev–Trinajstić information content (AvgIpc) is 3.02. The standard InChI is InChI=1S/C15H20N4O3/c1-21-10-6-13-17-15(22-18-13)12-3-2-7-16-14(12)19-8-4-11(20)5-9-19/h2-3,7,11,20H,4-6,8-10H2,1H3. The molecule has 7 nitrogen and oxygen atoms in total. The van der Waals surface area contributed by atoms with E-state index in [4.69, 9.17) is 9.26 Å². The Hall–Kier alpha value is -1.99. The molecule has 0 spiro atoms. The highest BCUT2D eigenvalue weighted by molar-refractivity contribution is 5.69. The van der Waals surface area contributed by atoms with Crippen molar-refractivity contribution in [2.24, 2.45) is 0 Å². The normalized spacial score (nSPS) is 16.2. The number of hydrogen-bond acceptors (Lipinski definition) is 7. The fraction of sp³-hybridized carbons (Fsp3) is 0.533. The Bertz CT molecular complexity index is 608. The molecule has 2 aromatic heterocycles. The van der Waals surface area contributed by atoms with Crippen LogP contribution in [0.3, 0.4) is 0 Å². The number of aromatic nitrogens is 3. The van der Waals surface area contributed by atoms with Crippen molar-refractivity contribution in [1.82, 2.24) is 15.1 Å². The van der Waals surface area contributed by atoms with Crippen molar-refractivity contribution in [1.29, 1.82) is 0 Å². The summed E-state index contributed by atoms with van der Waals surface area (Å²) in [5, 5.41) is 13.6. The van der Waals surface area contributed by atoms with Crippen molar-refractivity contribution >= 4 is 5.82 Å². The van der Waals surface area contributed by atoms with Crippen LogP contribution in [0, 0.1) is 0 Å². The number of ether oxygens (including phenoxy) is 1. The minimum atomic E-state index is -0.215. The second kappa shape index (κ2) is 6.85. The van der Waals surface area contributed by atoms with Crippen LogP contribution in [0.4, 0.5) is 5.82 Å². The van der Waals surface area contributed by atoms with Gasteiger partial charge in [0.1, 0.15) is 5.82 Å². The Labute approximate surface area is 128 Å². The van der Waals surface area contributed by atoms with Gasteiger partial charge in [-0.15, -0.1) is 0 Å². The Balaban J connectivity index is 1.83. The third-order valence-corrected chi connectivity index (χ3v) is 3.78. The van der Waals surface area contributed by atoms with Crippen LogP contribution in [-0.4, -0.2) is 53.1 Å². The molecule has 3 heterocycles. The molecule has 1 saturated heterocycles. The molecule has 1 N–H and O–H groups in total. The number of anilines is 1. The summed E-state index contributed by atoms with van der Waals surface area (Å²) >= 11 is 0. The third-order valence-electron chi connectivity index (χ3n) is 3.78. The molecular formula is C15H20N4O3. The van der Waals surface area contributed by atoms with Gasteiger partial charge < -0.3 is 19.3 Å². The highest BCUT2D eigenvalue weighted by atomic mass is 16.5. The highest BCUT2D eigenvalue weighted by Crippen LogP contribution is 2.29. The van der Waals surface area contributed by atoms with Gasteiger partial charge in [0.05, 0.1) is 18.3 Å². The molecule has 118 valence electrons. The Morgan fingerprint density at radius 2 is 2.23 bits per heavy atom. The van der Waals surface area contributed by atoms with E-state index in [-0.39, 0.29) is 6.10 Å². The number of piperidine rings is 1. The zero-order valence-electron chi connectivity index (χ0n) is 12.6. The largest absolute Gasteiger partial charge is 0.393 e. The first-order chi connectivity index (χ1) is 10.8. The summed E-state index contributed by atoms with van der Waals surface area (Å²) in [5.74, 6) is 1.93. The van der Waals surface area contributed by atoms with Crippen LogP contribution in [0.5, 0.6) is 0 Å². The molecule has 1 aliphatic heterocycles. The van der Waals surface area contributed by atoms with E-state index in [9.17, 15) is 5.11 Å². The summed E-state index contributed by atoms with van der Waals surface area (Å²) in [4.78, 5) is 11.0. The molecule has 0 unspecified atom stereocenters. The SMILES string of the molecule is COCCc1noc(-c2cccnc2N2CCC(O)CC2)n1. The summed E-state index contributed by atoms with van der Waals surface area (Å²) in [7, 11) is 1.64. The molecule has 22 heavy (non-hydrogen) atoms. The molecule has 0 bridgehead atoms. The lowest BCUT2D eigenvalue weighted by atomic mass is 10.1. The Morgan fingerprint density at radius 1 is 1.41 bits per heavy atom. The first-order valence-electron chi connectivity index (χ1n) is 7.48. The van der Waals surface area contributed by atoms with E-state index < -0.39 is 0 Å². The predicted octanol–water partition coefficient (Wildman–Crippen LogP) is 1.28. The zero-order valence-corrected chi connectivity index (χ0v) is 12.6. The second-order valence-electron chi connectivity index (χ2n) is 5.35. The molecule has 0 amide bonds. The zero-order chi connectivity index (χ0) is 15.4. The number of hydrogen-bond donors (Lipinski definition) is 1. The molecule has 2 aromatic rings. The van der Waals surface area contributed by atoms with E-state index in [0.29, 0.717) is 24.7 Å². The van der Waals surface area contributed by atoms with Crippen molar-refractivity contribution in [3.05, 3.63) is 24.2 Å². The first kappa shape index (κ1) is 14.9. The van der Waals surface area contributed by atoms with E-state index >= 15 is 0 Å². The van der Waals surface area contributed by atoms with Gasteiger partial charge in [0.15, 0.2) is 5.82 Å². The van der Waals surface area contributed by atoms with Crippen LogP contribution in [0.15, 0.2) is 22.9 Å². The van der Waals surface area contributed by atoms with Gasteiger partial charge in [0.2, 0.25) is 0 Å². The minimum absolute atomic E-state index is 0.215. The minimum Gasteiger partial charge on any atom is -0.393 e. The molecule has 0 atom stereocenters. The predicted molar refractivity (Wildman–Crippen MR) is 80.6 cm³/mol. The van der Waals surface area contributed by atoms with E-state index in [0.717, 1.165) is 37.3 Å². The van der Waals surface area contributed by atoms with Gasteiger partial charge in [0.25, 0.3) is 5.89 Å². The molecule has 0 saturated carbocycles. The number of nitrogens with zero attached hydrogens (tertiary/aromatic N) is 4. The fourth-order valence-corrected chi connectivity index (χ4v) is 2.55. The van der Waals surface area contributed by atoms with Crippen molar-refractivity contribution in [2.45, 2.75) is 25.4 Å². The lowest BCUT2D eigenvalue weighted by Crippen LogP contribution is -2.36. The fourth-order valence-electron chi connectivity index (χ4n) is 2.55. The van der Waals surface area contributed by atoms with Crippen LogP contribution in [0.2, 0.25) is 0 Å². The summed E-state index contributed by atoms with van der Waals surface area (Å²) in [6.07, 6.45) is 3.66. The molecule has 0 radical (unpaired) electrons. The summed E-state index contributed by atoms with van der Waals surface area (Å²) < 4.78 is 10.4. The quantitative estimate of drug-likeness (QED) is 0.890. The van der Waals surface area contributed by atoms with Gasteiger partial charge in [-0.3, -0.25) is 0 Å². The molecule has 3 rings (SSSR count). The second-order valence-corrected chi connectivity index (χ2v) is 5.35. The molecule has 0 aromatic carbocycles. The van der Waals surface area contributed by atoms with Gasteiger partial charge in [-0.2, -0.15) is 4.98 Å². The van der Waals surface area contributed by atoms with Gasteiger partial charge >= 0.3 is 0 Å². The molecule has 0 aliphatic carbocycles. The van der Waals surface area contributed by atoms with Crippen LogP contribution < -0.4 is 4.90 Å². The van der Waals surface area contributed by atoms with E-state index in [1.807, 2.05) is 12.1 Å². The summed E-state index contributed by atoms with van der Waals surface area (Å²) in [6.45, 7) is 2.11. The number of aliphatic hydroxyl groups excluding tert-OH is 1. The number of rotatable bonds is 5. The monoisotopic (exact) mass is 304 g/mol. The lowest BCUT2D eigenvalue weighted by molar-refractivity contribution is 0.145. The van der Waals surface area contributed by atoms with Gasteiger partial charge in [-0.05, 0) is 25.0 Å². The van der Waals surface area contributed by atoms with Crippen LogP contribution in [0.1, 0.15) is 18.7 Å². The topological polar surface area (TPSA) is 84.5 Å². The van der Waals surface area contributed by atoms with Gasteiger partial charge in [0, 0.05) is 32.8 Å². The highest BCUT2D eigenvalue weighted by Gasteiger charge is 2.22. The maximum Gasteiger partial charge on any atom is 0.261 e. The van der Waals surface area contributed by atoms with Crippen molar-refractivity contribution in [3.8, 4) is 11.5 Å². The maximum absolute atomic E-state index is 9.65. The lowest BCUT2D eigenvalue weighted by Gasteiger charge is -2.31. The van der Waals surface area contributed by atoms with Gasteiger partial charge in [-0.1, -0.05) is 5.16 Å². The number of aliphatic hydroxyl groups is 1. The summed E-state index contributed by atoms with van der Waals surface area (Å²) in [6, 6.07) is 3.79. The first-order valence-corrected chi connectivity index (χ1v) is 7.48. The summed E-state index contributed by atoms with van der Waals surface area (Å²) in [5.41, 5.74) is 0.829. The average molecular weight is 304 g/mol. The van der Waals surface area contributed by atoms with Crippen LogP contribution in [0.25, 0.3) is 11.5 Å². The van der Waals surface area contributed by atoms with E-state index in [1.54, 1.807) is 13.3 Å². The van der Waals surface area contributed by atoms with Crippen molar-refractivity contribution < 1.29 is 14.4 Å². The van der Waals surface area contributed by atoms with Crippen LogP contribution in [-0.2, 0) is 11.2 Å². The molecule has 1 fully saturated rings. The Morgan fingerprint density at radius 3 is 3.00 bits per heavy atom. The van der Waals surface area contributed by atoms with Gasteiger partial charge in [-0.25, -0.2) is 4.98 Å². The van der Waals surface area contributed by atoms with Crippen LogP contribution >= 0.6 is 0 Å². The molecule has 7 heteroatoms. The number of methoxy groups -OCH3 is 1. The van der Waals surface area contributed by atoms with E-state index in [2.05, 4.69) is 20.0 Å². The third kappa shape index (κ3) is 3.26. The van der Waals surface area contributed by atoms with Crippen molar-refractivity contribution in [2.75, 3.05) is 31.7 Å². The molecule has 1 aliphatic rings.